The van der Waals surface area contributed by atoms with Crippen molar-refractivity contribution >= 4 is 39.8 Å². The molecule has 0 N–H and O–H groups in total. The van der Waals surface area contributed by atoms with Gasteiger partial charge in [-0.25, -0.2) is 6.57 Å². The standard InChI is InChI=1S/C34H40ClN7O2/c1-5-30(43)42-18-17-41(22-25(42)21-36-3)32-26-13-16-40(29-12-7-10-24-9-6-11-27(35)31(24)29)23-28(26)37-33(38-32)44-20-19-39(4)34(2)14-8-15-34/h5-7,9-12,25H,1,8,13-23H2,2,4H3/t25-/m0/s1. The number of piperazine rings is 1. The first-order valence-electron chi connectivity index (χ1n) is 15.5. The highest BCUT2D eigenvalue weighted by molar-refractivity contribution is 6.36. The van der Waals surface area contributed by atoms with Gasteiger partial charge in [0.2, 0.25) is 12.5 Å². The van der Waals surface area contributed by atoms with Gasteiger partial charge in [0.15, 0.2) is 0 Å². The third kappa shape index (κ3) is 5.81. The molecule has 1 saturated heterocycles. The van der Waals surface area contributed by atoms with Gasteiger partial charge in [-0.15, -0.1) is 0 Å². The van der Waals surface area contributed by atoms with E-state index >= 15 is 0 Å². The smallest absolute Gasteiger partial charge is 0.318 e. The maximum atomic E-state index is 12.6. The van der Waals surface area contributed by atoms with E-state index in [-0.39, 0.29) is 24.0 Å². The summed E-state index contributed by atoms with van der Waals surface area (Å²) in [6.45, 7) is 18.0. The van der Waals surface area contributed by atoms with Crippen molar-refractivity contribution in [3.63, 3.8) is 0 Å². The maximum Gasteiger partial charge on any atom is 0.318 e. The molecule has 2 fully saturated rings. The minimum atomic E-state index is -0.239. The molecule has 10 heteroatoms. The van der Waals surface area contributed by atoms with Crippen molar-refractivity contribution in [1.82, 2.24) is 19.8 Å². The van der Waals surface area contributed by atoms with Crippen molar-refractivity contribution < 1.29 is 9.53 Å². The van der Waals surface area contributed by atoms with Crippen LogP contribution in [-0.4, -0.2) is 90.2 Å². The molecule has 1 amide bonds. The molecule has 230 valence electrons. The molecule has 2 aliphatic heterocycles. The lowest BCUT2D eigenvalue weighted by Gasteiger charge is -2.46. The number of amides is 1. The lowest BCUT2D eigenvalue weighted by Crippen LogP contribution is -2.56. The van der Waals surface area contributed by atoms with Crippen molar-refractivity contribution in [2.24, 2.45) is 0 Å². The van der Waals surface area contributed by atoms with Crippen molar-refractivity contribution in [2.75, 3.05) is 62.7 Å². The molecule has 44 heavy (non-hydrogen) atoms. The predicted molar refractivity (Wildman–Crippen MR) is 176 cm³/mol. The molecule has 3 aliphatic rings. The highest BCUT2D eigenvalue weighted by Crippen LogP contribution is 2.38. The normalized spacial score (nSPS) is 19.3. The van der Waals surface area contributed by atoms with Crippen LogP contribution in [0.5, 0.6) is 6.01 Å². The van der Waals surface area contributed by atoms with Crippen LogP contribution < -0.4 is 14.5 Å². The second-order valence-corrected chi connectivity index (χ2v) is 12.7. The molecule has 0 bridgehead atoms. The number of fused-ring (bicyclic) bond motifs is 2. The molecule has 3 heterocycles. The summed E-state index contributed by atoms with van der Waals surface area (Å²) in [5.74, 6) is 0.710. The van der Waals surface area contributed by atoms with E-state index in [0.717, 1.165) is 58.1 Å². The Hall–Kier alpha value is -3.87. The highest BCUT2D eigenvalue weighted by atomic mass is 35.5. The molecule has 9 nitrogen and oxygen atoms in total. The number of likely N-dealkylation sites (N-methyl/N-ethyl adjacent to an activating group) is 1. The molecule has 0 spiro atoms. The fourth-order valence-corrected chi connectivity index (χ4v) is 7.07. The molecular weight excluding hydrogens is 574 g/mol. The number of nitrogens with zero attached hydrogens (tertiary/aromatic N) is 7. The van der Waals surface area contributed by atoms with E-state index < -0.39 is 0 Å². The number of carbonyl (C=O) groups is 1. The van der Waals surface area contributed by atoms with Crippen LogP contribution in [0.4, 0.5) is 11.5 Å². The molecule has 1 aliphatic carbocycles. The Bertz CT molecular complexity index is 1600. The number of hydrogen-bond acceptors (Lipinski definition) is 7. The number of anilines is 2. The second kappa shape index (κ2) is 12.6. The minimum absolute atomic E-state index is 0.138. The van der Waals surface area contributed by atoms with Crippen LogP contribution in [0.3, 0.4) is 0 Å². The van der Waals surface area contributed by atoms with Crippen LogP contribution in [0.2, 0.25) is 5.02 Å². The fraction of sp³-hybridized carbons (Fsp3) is 0.471. The number of hydrogen-bond donors (Lipinski definition) is 0. The van der Waals surface area contributed by atoms with Gasteiger partial charge in [0.05, 0.1) is 17.3 Å². The van der Waals surface area contributed by atoms with Gasteiger partial charge >= 0.3 is 6.01 Å². The molecule has 0 radical (unpaired) electrons. The minimum Gasteiger partial charge on any atom is -0.462 e. The van der Waals surface area contributed by atoms with Gasteiger partial charge in [-0.3, -0.25) is 9.69 Å². The Kier molecular flexibility index (Phi) is 8.66. The van der Waals surface area contributed by atoms with Crippen LogP contribution in [0.15, 0.2) is 49.1 Å². The predicted octanol–water partition coefficient (Wildman–Crippen LogP) is 5.22. The number of benzene rings is 2. The van der Waals surface area contributed by atoms with E-state index in [4.69, 9.17) is 32.9 Å². The monoisotopic (exact) mass is 613 g/mol. The van der Waals surface area contributed by atoms with E-state index in [2.05, 4.69) is 64.4 Å². The Morgan fingerprint density at radius 3 is 2.73 bits per heavy atom. The average Bonchev–Trinajstić information content (AvgIpc) is 3.02. The van der Waals surface area contributed by atoms with Gasteiger partial charge in [-0.05, 0) is 63.2 Å². The number of aromatic nitrogens is 2. The first-order chi connectivity index (χ1) is 21.3. The molecule has 1 saturated carbocycles. The topological polar surface area (TPSA) is 69.4 Å². The molecule has 3 aromatic rings. The summed E-state index contributed by atoms with van der Waals surface area (Å²) >= 11 is 6.71. The quantitative estimate of drug-likeness (QED) is 0.242. The third-order valence-electron chi connectivity index (χ3n) is 9.75. The van der Waals surface area contributed by atoms with Gasteiger partial charge < -0.3 is 24.3 Å². The van der Waals surface area contributed by atoms with Crippen molar-refractivity contribution in [1.29, 1.82) is 0 Å². The SMILES string of the molecule is [C-]#[N+]C[C@H]1CN(c2nc(OCCN(C)C3(C)CCC3)nc3c2CCN(c2cccc4cccc(Cl)c24)C3)CCN1C(=O)C=C. The van der Waals surface area contributed by atoms with Crippen LogP contribution in [-0.2, 0) is 17.8 Å². The maximum absolute atomic E-state index is 12.6. The fourth-order valence-electron chi connectivity index (χ4n) is 6.79. The summed E-state index contributed by atoms with van der Waals surface area (Å²) in [6, 6.07) is 12.4. The zero-order valence-corrected chi connectivity index (χ0v) is 26.4. The zero-order chi connectivity index (χ0) is 30.8. The van der Waals surface area contributed by atoms with Gasteiger partial charge in [0.25, 0.3) is 0 Å². The summed E-state index contributed by atoms with van der Waals surface area (Å²) in [7, 11) is 2.16. The lowest BCUT2D eigenvalue weighted by molar-refractivity contribution is -0.128. The summed E-state index contributed by atoms with van der Waals surface area (Å²) < 4.78 is 6.26. The first kappa shape index (κ1) is 30.2. The van der Waals surface area contributed by atoms with E-state index in [1.165, 1.54) is 25.3 Å². The lowest BCUT2D eigenvalue weighted by atomic mass is 9.77. The Balaban J connectivity index is 1.31. The Morgan fingerprint density at radius 1 is 1.20 bits per heavy atom. The Morgan fingerprint density at radius 2 is 2.00 bits per heavy atom. The summed E-state index contributed by atoms with van der Waals surface area (Å²) in [5.41, 5.74) is 3.37. The van der Waals surface area contributed by atoms with Crippen LogP contribution >= 0.6 is 11.6 Å². The van der Waals surface area contributed by atoms with E-state index in [9.17, 15) is 4.79 Å². The number of rotatable bonds is 9. The van der Waals surface area contributed by atoms with Crippen LogP contribution in [0.25, 0.3) is 15.6 Å². The molecule has 2 aromatic carbocycles. The van der Waals surface area contributed by atoms with E-state index in [1.807, 2.05) is 12.1 Å². The van der Waals surface area contributed by atoms with Gasteiger partial charge in [-0.2, -0.15) is 9.97 Å². The average molecular weight is 614 g/mol. The second-order valence-electron chi connectivity index (χ2n) is 12.3. The van der Waals surface area contributed by atoms with Crippen molar-refractivity contribution in [3.05, 3.63) is 76.8 Å². The Labute approximate surface area is 264 Å². The third-order valence-corrected chi connectivity index (χ3v) is 10.1. The van der Waals surface area contributed by atoms with E-state index in [1.54, 1.807) is 4.90 Å². The van der Waals surface area contributed by atoms with Gasteiger partial charge in [-0.1, -0.05) is 42.4 Å². The van der Waals surface area contributed by atoms with E-state index in [0.29, 0.717) is 38.8 Å². The van der Waals surface area contributed by atoms with Crippen molar-refractivity contribution in [2.45, 2.75) is 50.7 Å². The van der Waals surface area contributed by atoms with Gasteiger partial charge in [0.1, 0.15) is 18.5 Å². The molecule has 0 unspecified atom stereocenters. The number of ether oxygens (including phenoxy) is 1. The summed E-state index contributed by atoms with van der Waals surface area (Å²) in [4.78, 5) is 34.8. The summed E-state index contributed by atoms with van der Waals surface area (Å²) in [6.07, 6.45) is 5.79. The molecule has 6 rings (SSSR count). The molecular formula is C34H40ClN7O2. The zero-order valence-electron chi connectivity index (χ0n) is 25.6. The van der Waals surface area contributed by atoms with Crippen LogP contribution in [0, 0.1) is 6.57 Å². The molecule has 1 aromatic heterocycles. The largest absolute Gasteiger partial charge is 0.462 e. The molecule has 1 atom stereocenters. The first-order valence-corrected chi connectivity index (χ1v) is 15.9. The van der Waals surface area contributed by atoms with Crippen molar-refractivity contribution in [3.8, 4) is 6.01 Å². The number of carbonyl (C=O) groups excluding carboxylic acids is 1. The number of halogens is 1. The highest BCUT2D eigenvalue weighted by Gasteiger charge is 2.36. The summed E-state index contributed by atoms with van der Waals surface area (Å²) in [5, 5.41) is 2.89. The van der Waals surface area contributed by atoms with Crippen LogP contribution in [0.1, 0.15) is 37.4 Å². The van der Waals surface area contributed by atoms with Gasteiger partial charge in [0, 0.05) is 54.9 Å².